The third kappa shape index (κ3) is 5.90. The Morgan fingerprint density at radius 1 is 1.10 bits per heavy atom. The van der Waals surface area contributed by atoms with Gasteiger partial charge in [-0.15, -0.1) is 0 Å². The van der Waals surface area contributed by atoms with Gasteiger partial charge >= 0.3 is 0 Å². The van der Waals surface area contributed by atoms with E-state index in [0.29, 0.717) is 44.2 Å². The van der Waals surface area contributed by atoms with Crippen LogP contribution in [0.4, 0.5) is 0 Å². The van der Waals surface area contributed by atoms with E-state index < -0.39 is 6.04 Å². The number of nitrogens with zero attached hydrogens (tertiary/aromatic N) is 5. The molecule has 212 valence electrons. The van der Waals surface area contributed by atoms with Crippen LogP contribution in [0.25, 0.3) is 0 Å². The van der Waals surface area contributed by atoms with Crippen molar-refractivity contribution in [3.63, 3.8) is 0 Å². The van der Waals surface area contributed by atoms with E-state index in [-0.39, 0.29) is 24.1 Å². The number of carbonyl (C=O) groups is 2. The molecule has 11 nitrogen and oxygen atoms in total. The number of ether oxygens (including phenoxy) is 3. The van der Waals surface area contributed by atoms with Gasteiger partial charge in [0, 0.05) is 51.4 Å². The fourth-order valence-corrected chi connectivity index (χ4v) is 5.13. The molecule has 1 aromatic carbocycles. The van der Waals surface area contributed by atoms with Crippen LogP contribution in [0.15, 0.2) is 64.4 Å². The van der Waals surface area contributed by atoms with Crippen LogP contribution in [-0.2, 0) is 16.6 Å². The predicted molar refractivity (Wildman–Crippen MR) is 148 cm³/mol. The third-order valence-electron chi connectivity index (χ3n) is 7.34. The zero-order valence-electron chi connectivity index (χ0n) is 23.1. The molecule has 0 bridgehead atoms. The molecule has 2 aliphatic rings. The average molecular weight is 550 g/mol. The molecule has 0 radical (unpaired) electrons. The maximum atomic E-state index is 14.0. The summed E-state index contributed by atoms with van der Waals surface area (Å²) in [6, 6.07) is 12.3. The Hall–Kier alpha value is -4.09. The van der Waals surface area contributed by atoms with E-state index in [0.717, 1.165) is 30.1 Å². The maximum Gasteiger partial charge on any atom is 0.290 e. The Morgan fingerprint density at radius 2 is 1.93 bits per heavy atom. The molecule has 1 fully saturated rings. The van der Waals surface area contributed by atoms with E-state index in [2.05, 4.69) is 4.90 Å². The molecule has 2 amide bonds. The number of hydrazone groups is 1. The Balaban J connectivity index is 1.44. The molecule has 2 aliphatic heterocycles. The summed E-state index contributed by atoms with van der Waals surface area (Å²) in [6.07, 6.45) is 3.88. The molecule has 11 heteroatoms. The second-order valence-corrected chi connectivity index (χ2v) is 9.78. The number of hydrogen-bond acceptors (Lipinski definition) is 8. The van der Waals surface area contributed by atoms with Crippen molar-refractivity contribution in [3.05, 3.63) is 71.9 Å². The first-order chi connectivity index (χ1) is 19.5. The van der Waals surface area contributed by atoms with Gasteiger partial charge in [-0.25, -0.2) is 5.01 Å². The van der Waals surface area contributed by atoms with Gasteiger partial charge in [0.05, 0.1) is 51.1 Å². The fraction of sp³-hybridized carbons (Fsp3) is 0.414. The summed E-state index contributed by atoms with van der Waals surface area (Å²) in [5.41, 5.74) is 2.46. The van der Waals surface area contributed by atoms with E-state index in [4.69, 9.17) is 23.7 Å². The summed E-state index contributed by atoms with van der Waals surface area (Å²) in [6.45, 7) is 3.69. The van der Waals surface area contributed by atoms with Crippen LogP contribution in [0, 0.1) is 0 Å². The first kappa shape index (κ1) is 27.5. The highest BCUT2D eigenvalue weighted by Gasteiger charge is 2.37. The van der Waals surface area contributed by atoms with Crippen molar-refractivity contribution in [2.45, 2.75) is 12.5 Å². The monoisotopic (exact) mass is 549 g/mol. The minimum atomic E-state index is -0.442. The molecule has 4 heterocycles. The summed E-state index contributed by atoms with van der Waals surface area (Å²) in [5.74, 6) is 0.822. The van der Waals surface area contributed by atoms with Crippen molar-refractivity contribution in [2.75, 3.05) is 60.2 Å². The standard InChI is InChI=1S/C29H35N5O6/c1-31-10-4-6-24(31)23-19-25(22-18-21(37-2)8-9-26(22)38-3)34(30-23)28(35)20-33(29(36)27-7-5-15-40-27)12-11-32-13-16-39-17-14-32/h4-10,15,18,25H,11-14,16-17,19-20H2,1-3H3/t25-/m1/s1. The highest BCUT2D eigenvalue weighted by molar-refractivity contribution is 6.02. The number of hydrogen-bond donors (Lipinski definition) is 0. The molecule has 0 unspecified atom stereocenters. The molecule has 0 saturated carbocycles. The molecule has 3 aromatic rings. The van der Waals surface area contributed by atoms with Crippen LogP contribution in [0.5, 0.6) is 11.5 Å². The first-order valence-electron chi connectivity index (χ1n) is 13.3. The summed E-state index contributed by atoms with van der Waals surface area (Å²) in [5, 5.41) is 6.28. The molecule has 40 heavy (non-hydrogen) atoms. The Kier molecular flexibility index (Phi) is 8.51. The molecule has 5 rings (SSSR count). The number of benzene rings is 1. The van der Waals surface area contributed by atoms with E-state index >= 15 is 0 Å². The molecule has 1 atom stereocenters. The van der Waals surface area contributed by atoms with Gasteiger partial charge in [-0.1, -0.05) is 0 Å². The fourth-order valence-electron chi connectivity index (χ4n) is 5.13. The Morgan fingerprint density at radius 3 is 2.60 bits per heavy atom. The molecular formula is C29H35N5O6. The lowest BCUT2D eigenvalue weighted by Crippen LogP contribution is -2.46. The second-order valence-electron chi connectivity index (χ2n) is 9.78. The van der Waals surface area contributed by atoms with Gasteiger partial charge in [-0.3, -0.25) is 14.5 Å². The number of rotatable bonds is 10. The lowest BCUT2D eigenvalue weighted by Gasteiger charge is -2.31. The summed E-state index contributed by atoms with van der Waals surface area (Å²) >= 11 is 0. The van der Waals surface area contributed by atoms with E-state index in [1.54, 1.807) is 26.4 Å². The van der Waals surface area contributed by atoms with Crippen LogP contribution in [0.1, 0.15) is 34.3 Å². The lowest BCUT2D eigenvalue weighted by molar-refractivity contribution is -0.133. The highest BCUT2D eigenvalue weighted by atomic mass is 16.5. The van der Waals surface area contributed by atoms with Gasteiger partial charge < -0.3 is 28.1 Å². The van der Waals surface area contributed by atoms with Crippen molar-refractivity contribution in [2.24, 2.45) is 12.1 Å². The number of aryl methyl sites for hydroxylation is 1. The predicted octanol–water partition coefficient (Wildman–Crippen LogP) is 2.79. The summed E-state index contributed by atoms with van der Waals surface area (Å²) in [4.78, 5) is 31.2. The van der Waals surface area contributed by atoms with Crippen LogP contribution in [0.2, 0.25) is 0 Å². The molecular weight excluding hydrogens is 514 g/mol. The molecule has 1 saturated heterocycles. The van der Waals surface area contributed by atoms with Crippen molar-refractivity contribution in [3.8, 4) is 11.5 Å². The quantitative estimate of drug-likeness (QED) is 0.383. The summed E-state index contributed by atoms with van der Waals surface area (Å²) < 4.78 is 24.0. The number of amides is 2. The van der Waals surface area contributed by atoms with E-state index in [1.807, 2.05) is 48.1 Å². The van der Waals surface area contributed by atoms with Crippen LogP contribution in [-0.4, -0.2) is 97.1 Å². The molecule has 0 spiro atoms. The first-order valence-corrected chi connectivity index (χ1v) is 13.3. The topological polar surface area (TPSA) is 102 Å². The smallest absolute Gasteiger partial charge is 0.290 e. The van der Waals surface area contributed by atoms with Crippen molar-refractivity contribution < 1.29 is 28.2 Å². The Bertz CT molecular complexity index is 1340. The number of carbonyl (C=O) groups excluding carboxylic acids is 2. The highest BCUT2D eigenvalue weighted by Crippen LogP contribution is 2.39. The number of aromatic nitrogens is 1. The maximum absolute atomic E-state index is 14.0. The molecule has 2 aromatic heterocycles. The zero-order valence-corrected chi connectivity index (χ0v) is 23.1. The van der Waals surface area contributed by atoms with Gasteiger partial charge in [0.15, 0.2) is 5.76 Å². The normalized spacial score (nSPS) is 17.5. The largest absolute Gasteiger partial charge is 0.497 e. The van der Waals surface area contributed by atoms with E-state index in [1.165, 1.54) is 16.2 Å². The minimum absolute atomic E-state index is 0.156. The Labute approximate surface area is 233 Å². The van der Waals surface area contributed by atoms with Crippen molar-refractivity contribution >= 4 is 17.5 Å². The van der Waals surface area contributed by atoms with Crippen molar-refractivity contribution in [1.82, 2.24) is 19.4 Å². The number of methoxy groups -OCH3 is 2. The van der Waals surface area contributed by atoms with Gasteiger partial charge in [0.25, 0.3) is 11.8 Å². The van der Waals surface area contributed by atoms with E-state index in [9.17, 15) is 9.59 Å². The van der Waals surface area contributed by atoms with Gasteiger partial charge in [0.1, 0.15) is 18.0 Å². The average Bonchev–Trinajstić information content (AvgIpc) is 3.76. The zero-order chi connectivity index (χ0) is 28.1. The van der Waals surface area contributed by atoms with Crippen LogP contribution >= 0.6 is 0 Å². The van der Waals surface area contributed by atoms with Gasteiger partial charge in [0.2, 0.25) is 0 Å². The third-order valence-corrected chi connectivity index (χ3v) is 7.34. The van der Waals surface area contributed by atoms with Gasteiger partial charge in [-0.2, -0.15) is 5.10 Å². The minimum Gasteiger partial charge on any atom is -0.497 e. The second kappa shape index (κ2) is 12.4. The number of furan rings is 1. The van der Waals surface area contributed by atoms with Gasteiger partial charge in [-0.05, 0) is 42.5 Å². The lowest BCUT2D eigenvalue weighted by atomic mass is 9.99. The SMILES string of the molecule is COc1ccc(OC)c([C@H]2CC(c3cccn3C)=NN2C(=O)CN(CCN2CCOCC2)C(=O)c2ccco2)c1. The van der Waals surface area contributed by atoms with Crippen molar-refractivity contribution in [1.29, 1.82) is 0 Å². The number of morpholine rings is 1. The summed E-state index contributed by atoms with van der Waals surface area (Å²) in [7, 11) is 5.14. The molecule has 0 N–H and O–H groups in total. The molecule has 0 aliphatic carbocycles. The van der Waals surface area contributed by atoms with Crippen LogP contribution < -0.4 is 9.47 Å². The van der Waals surface area contributed by atoms with Crippen LogP contribution in [0.3, 0.4) is 0 Å².